The minimum Gasteiger partial charge on any atom is -0.442 e. The molecule has 7 nitrogen and oxygen atoms in total. The number of aromatic nitrogens is 2. The van der Waals surface area contributed by atoms with Crippen LogP contribution in [0.2, 0.25) is 5.21 Å². The van der Waals surface area contributed by atoms with Crippen molar-refractivity contribution in [2.45, 2.75) is 63.2 Å². The molecule has 0 aromatic carbocycles. The van der Waals surface area contributed by atoms with Crippen molar-refractivity contribution >= 4 is 21.8 Å². The third-order valence-corrected chi connectivity index (χ3v) is 6.02. The topological polar surface area (TPSA) is 93.8 Å². The van der Waals surface area contributed by atoms with Crippen LogP contribution in [0.25, 0.3) is 0 Å². The summed E-state index contributed by atoms with van der Waals surface area (Å²) in [5, 5.41) is 23.0. The van der Waals surface area contributed by atoms with Crippen LogP contribution in [-0.2, 0) is 4.74 Å². The van der Waals surface area contributed by atoms with Crippen molar-refractivity contribution in [2.24, 2.45) is 16.7 Å². The first-order valence-corrected chi connectivity index (χ1v) is 8.85. The second kappa shape index (κ2) is 4.87. The van der Waals surface area contributed by atoms with Crippen molar-refractivity contribution in [1.29, 1.82) is 0 Å². The molecule has 0 bridgehead atoms. The Bertz CT molecular complexity index is 741. The maximum absolute atomic E-state index is 12.0. The molecule has 0 atom stereocenters. The summed E-state index contributed by atoms with van der Waals surface area (Å²) in [5.41, 5.74) is -0.590. The number of aliphatic hydroxyl groups is 2. The highest BCUT2D eigenvalue weighted by atomic mass is 16.8. The first-order chi connectivity index (χ1) is 11.8. The molecule has 2 N–H and O–H groups in total. The summed E-state index contributed by atoms with van der Waals surface area (Å²) in [6.07, 6.45) is 4.63. The normalized spacial score (nSPS) is 23.1. The SMILES string of the molecule is [B]C([B])(C1C2(CC2)C12CC2)C(O)(O)Oc1ccn(C(=O)OC(C)(C)C)n1. The quantitative estimate of drug-likeness (QED) is 0.625. The highest BCUT2D eigenvalue weighted by Crippen LogP contribution is 2.96. The summed E-state index contributed by atoms with van der Waals surface area (Å²) in [6, 6.07) is 1.31. The van der Waals surface area contributed by atoms with Crippen LogP contribution < -0.4 is 4.74 Å². The summed E-state index contributed by atoms with van der Waals surface area (Å²) in [4.78, 5) is 12.0. The molecule has 0 saturated heterocycles. The maximum atomic E-state index is 12.0. The molecule has 3 aliphatic rings. The average Bonchev–Trinajstić information content (AvgIpc) is 3.42. The van der Waals surface area contributed by atoms with Gasteiger partial charge in [-0.25, -0.2) is 4.79 Å². The molecule has 3 saturated carbocycles. The fourth-order valence-corrected chi connectivity index (χ4v) is 4.69. The fraction of sp³-hybridized carbons (Fsp3) is 0.765. The third kappa shape index (κ3) is 2.43. The zero-order chi connectivity index (χ0) is 19.2. The van der Waals surface area contributed by atoms with Crippen LogP contribution >= 0.6 is 0 Å². The smallest absolute Gasteiger partial charge is 0.435 e. The molecular weight excluding hydrogens is 334 g/mol. The van der Waals surface area contributed by atoms with Gasteiger partial charge in [-0.05, 0) is 68.4 Å². The van der Waals surface area contributed by atoms with Crippen molar-refractivity contribution in [1.82, 2.24) is 9.78 Å². The van der Waals surface area contributed by atoms with Gasteiger partial charge in [0.15, 0.2) is 0 Å². The van der Waals surface area contributed by atoms with Gasteiger partial charge in [0.25, 0.3) is 0 Å². The standard InChI is InChI=1S/C17H22B2N2O5/c1-13(2,3)26-12(22)21-9-4-10(20-21)25-17(23,24)16(18,19)11-14(5-6-14)15(11)7-8-15/h4,9,11,23-24H,5-8H2,1-3H3. The van der Waals surface area contributed by atoms with E-state index >= 15 is 0 Å². The molecule has 1 aromatic rings. The monoisotopic (exact) mass is 356 g/mol. The molecule has 1 heterocycles. The lowest BCUT2D eigenvalue weighted by atomic mass is 9.48. The van der Waals surface area contributed by atoms with Gasteiger partial charge in [-0.2, -0.15) is 4.68 Å². The Kier molecular flexibility index (Phi) is 3.36. The van der Waals surface area contributed by atoms with Gasteiger partial charge >= 0.3 is 12.1 Å². The number of fused-ring (bicyclic) bond motifs is 1. The van der Waals surface area contributed by atoms with Gasteiger partial charge in [-0.3, -0.25) is 0 Å². The van der Waals surface area contributed by atoms with Crippen molar-refractivity contribution in [2.75, 3.05) is 0 Å². The van der Waals surface area contributed by atoms with Crippen molar-refractivity contribution in [3.05, 3.63) is 12.3 Å². The minimum atomic E-state index is -2.81. The van der Waals surface area contributed by atoms with Crippen LogP contribution in [0.5, 0.6) is 5.88 Å². The van der Waals surface area contributed by atoms with Gasteiger partial charge in [0, 0.05) is 12.3 Å². The van der Waals surface area contributed by atoms with E-state index in [9.17, 15) is 15.0 Å². The number of hydrogen-bond donors (Lipinski definition) is 2. The number of rotatable bonds is 4. The second-order valence-electron chi connectivity index (χ2n) is 8.97. The Hall–Kier alpha value is -1.47. The number of hydrogen-bond acceptors (Lipinski definition) is 6. The van der Waals surface area contributed by atoms with E-state index in [-0.39, 0.29) is 22.6 Å². The Labute approximate surface area is 154 Å². The van der Waals surface area contributed by atoms with E-state index in [4.69, 9.17) is 25.2 Å². The summed E-state index contributed by atoms with van der Waals surface area (Å²) in [7, 11) is 12.3. The molecule has 0 amide bonds. The van der Waals surface area contributed by atoms with Gasteiger partial charge in [0.1, 0.15) is 5.60 Å². The first-order valence-electron chi connectivity index (χ1n) is 8.85. The summed E-state index contributed by atoms with van der Waals surface area (Å²) < 4.78 is 11.3. The lowest BCUT2D eigenvalue weighted by Crippen LogP contribution is -2.51. The molecule has 9 heteroatoms. The summed E-state index contributed by atoms with van der Waals surface area (Å²) >= 11 is 0. The van der Waals surface area contributed by atoms with E-state index in [0.29, 0.717) is 0 Å². The van der Waals surface area contributed by atoms with E-state index in [0.717, 1.165) is 30.4 Å². The predicted octanol–water partition coefficient (Wildman–Crippen LogP) is 1.33. The fourth-order valence-electron chi connectivity index (χ4n) is 4.69. The van der Waals surface area contributed by atoms with Crippen LogP contribution in [0.1, 0.15) is 46.5 Å². The largest absolute Gasteiger partial charge is 0.442 e. The lowest BCUT2D eigenvalue weighted by Gasteiger charge is -2.39. The van der Waals surface area contributed by atoms with Gasteiger partial charge in [0.2, 0.25) is 5.88 Å². The maximum Gasteiger partial charge on any atom is 0.435 e. The minimum absolute atomic E-state index is 0.0481. The summed E-state index contributed by atoms with van der Waals surface area (Å²) in [5.74, 6) is -3.20. The molecule has 3 aliphatic carbocycles. The van der Waals surface area contributed by atoms with Crippen LogP contribution in [-0.4, -0.2) is 53.4 Å². The van der Waals surface area contributed by atoms with Gasteiger partial charge in [-0.1, -0.05) is 0 Å². The number of ether oxygens (including phenoxy) is 2. The van der Waals surface area contributed by atoms with E-state index < -0.39 is 22.9 Å². The predicted molar refractivity (Wildman–Crippen MR) is 92.7 cm³/mol. The molecule has 4 rings (SSSR count). The van der Waals surface area contributed by atoms with E-state index in [2.05, 4.69) is 5.10 Å². The van der Waals surface area contributed by atoms with Crippen LogP contribution in [0.3, 0.4) is 0 Å². The highest BCUT2D eigenvalue weighted by molar-refractivity contribution is 6.41. The molecule has 1 aromatic heterocycles. The number of nitrogens with zero attached hydrogens (tertiary/aromatic N) is 2. The number of carbonyl (C=O) groups excluding carboxylic acids is 1. The van der Waals surface area contributed by atoms with Gasteiger partial charge in [0.05, 0.1) is 15.7 Å². The molecule has 3 fully saturated rings. The molecular formula is C17H22B2N2O5. The highest BCUT2D eigenvalue weighted by Gasteiger charge is 2.90. The number of carbonyl (C=O) groups is 1. The van der Waals surface area contributed by atoms with Crippen LogP contribution in [0.15, 0.2) is 12.3 Å². The van der Waals surface area contributed by atoms with Crippen LogP contribution in [0, 0.1) is 16.7 Å². The van der Waals surface area contributed by atoms with Crippen LogP contribution in [0.4, 0.5) is 4.79 Å². The lowest BCUT2D eigenvalue weighted by molar-refractivity contribution is -0.307. The molecule has 0 aliphatic heterocycles. The molecule has 2 spiro atoms. The third-order valence-electron chi connectivity index (χ3n) is 6.02. The van der Waals surface area contributed by atoms with E-state index in [1.165, 1.54) is 12.3 Å². The van der Waals surface area contributed by atoms with Crippen molar-refractivity contribution < 1.29 is 24.5 Å². The zero-order valence-corrected chi connectivity index (χ0v) is 15.2. The molecule has 4 radical (unpaired) electrons. The van der Waals surface area contributed by atoms with E-state index in [1.807, 2.05) is 0 Å². The molecule has 26 heavy (non-hydrogen) atoms. The van der Waals surface area contributed by atoms with Crippen molar-refractivity contribution in [3.63, 3.8) is 0 Å². The van der Waals surface area contributed by atoms with Crippen molar-refractivity contribution in [3.8, 4) is 5.88 Å². The van der Waals surface area contributed by atoms with Gasteiger partial charge < -0.3 is 19.7 Å². The molecule has 0 unspecified atom stereocenters. The Balaban J connectivity index is 1.48. The average molecular weight is 356 g/mol. The zero-order valence-electron chi connectivity index (χ0n) is 15.2. The Morgan fingerprint density at radius 1 is 1.23 bits per heavy atom. The van der Waals surface area contributed by atoms with Gasteiger partial charge in [-0.15, -0.1) is 5.10 Å². The Morgan fingerprint density at radius 3 is 2.23 bits per heavy atom. The Morgan fingerprint density at radius 2 is 1.77 bits per heavy atom. The summed E-state index contributed by atoms with van der Waals surface area (Å²) in [6.45, 7) is 5.19. The second-order valence-corrected chi connectivity index (χ2v) is 8.97. The molecule has 136 valence electrons. The van der Waals surface area contributed by atoms with E-state index in [1.54, 1.807) is 20.8 Å². The first kappa shape index (κ1) is 17.9.